The topological polar surface area (TPSA) is 64.2 Å². The smallest absolute Gasteiger partial charge is 0.319 e. The standard InChI is InChI=1S/C20H34N4O3/c1-15(2)12-16(25)23-10-6-19(7-11-23)13-24(18(27)21(3)4)14-20(19)8-9-22(5)17(20)26/h15H,6-14H2,1-5H3. The van der Waals surface area contributed by atoms with Crippen molar-refractivity contribution in [3.05, 3.63) is 0 Å². The molecule has 0 bridgehead atoms. The van der Waals surface area contributed by atoms with E-state index < -0.39 is 5.41 Å². The highest BCUT2D eigenvalue weighted by Gasteiger charge is 2.65. The molecule has 3 heterocycles. The number of hydrogen-bond acceptors (Lipinski definition) is 3. The summed E-state index contributed by atoms with van der Waals surface area (Å²) in [7, 11) is 5.38. The Morgan fingerprint density at radius 2 is 1.67 bits per heavy atom. The molecule has 0 saturated carbocycles. The van der Waals surface area contributed by atoms with Crippen molar-refractivity contribution in [3.63, 3.8) is 0 Å². The second-order valence-corrected chi connectivity index (χ2v) is 9.35. The van der Waals surface area contributed by atoms with Crippen LogP contribution in [0.15, 0.2) is 0 Å². The first-order chi connectivity index (χ1) is 12.6. The summed E-state index contributed by atoms with van der Waals surface area (Å²) in [6.45, 7) is 7.38. The summed E-state index contributed by atoms with van der Waals surface area (Å²) in [4.78, 5) is 45.6. The predicted molar refractivity (Wildman–Crippen MR) is 103 cm³/mol. The molecule has 7 heteroatoms. The molecule has 2 spiro atoms. The Kier molecular flexibility index (Phi) is 5.16. The van der Waals surface area contributed by atoms with Crippen molar-refractivity contribution in [2.24, 2.45) is 16.7 Å². The largest absolute Gasteiger partial charge is 0.345 e. The van der Waals surface area contributed by atoms with E-state index in [2.05, 4.69) is 13.8 Å². The number of piperidine rings is 1. The summed E-state index contributed by atoms with van der Waals surface area (Å²) in [6, 6.07) is -0.0214. The van der Waals surface area contributed by atoms with Gasteiger partial charge in [0.1, 0.15) is 0 Å². The molecular weight excluding hydrogens is 344 g/mol. The van der Waals surface area contributed by atoms with Gasteiger partial charge in [-0.2, -0.15) is 0 Å². The maximum absolute atomic E-state index is 13.2. The first-order valence-electron chi connectivity index (χ1n) is 10.1. The van der Waals surface area contributed by atoms with Crippen LogP contribution in [0.3, 0.4) is 0 Å². The molecular formula is C20H34N4O3. The number of urea groups is 1. The predicted octanol–water partition coefficient (Wildman–Crippen LogP) is 1.49. The fourth-order valence-corrected chi connectivity index (χ4v) is 5.35. The maximum atomic E-state index is 13.2. The van der Waals surface area contributed by atoms with Gasteiger partial charge in [0.25, 0.3) is 0 Å². The maximum Gasteiger partial charge on any atom is 0.319 e. The minimum atomic E-state index is -0.486. The van der Waals surface area contributed by atoms with Crippen molar-refractivity contribution in [1.82, 2.24) is 19.6 Å². The zero-order chi connectivity index (χ0) is 20.0. The zero-order valence-corrected chi connectivity index (χ0v) is 17.5. The van der Waals surface area contributed by atoms with E-state index in [9.17, 15) is 14.4 Å². The van der Waals surface area contributed by atoms with Gasteiger partial charge in [0.15, 0.2) is 0 Å². The van der Waals surface area contributed by atoms with E-state index in [1.165, 1.54) is 0 Å². The van der Waals surface area contributed by atoms with Gasteiger partial charge in [0.05, 0.1) is 5.41 Å². The van der Waals surface area contributed by atoms with Gasteiger partial charge in [-0.25, -0.2) is 4.79 Å². The van der Waals surface area contributed by atoms with Crippen LogP contribution in [0.25, 0.3) is 0 Å². The number of hydrogen-bond donors (Lipinski definition) is 0. The third-order valence-corrected chi connectivity index (χ3v) is 6.91. The quantitative estimate of drug-likeness (QED) is 0.731. The van der Waals surface area contributed by atoms with Gasteiger partial charge < -0.3 is 19.6 Å². The van der Waals surface area contributed by atoms with E-state index in [4.69, 9.17) is 0 Å². The summed E-state index contributed by atoms with van der Waals surface area (Å²) in [5, 5.41) is 0. The average Bonchev–Trinajstić information content (AvgIpc) is 3.07. The van der Waals surface area contributed by atoms with Crippen molar-refractivity contribution >= 4 is 17.8 Å². The third kappa shape index (κ3) is 3.19. The fourth-order valence-electron chi connectivity index (χ4n) is 5.35. The lowest BCUT2D eigenvalue weighted by atomic mass is 9.60. The molecule has 3 fully saturated rings. The second-order valence-electron chi connectivity index (χ2n) is 9.35. The van der Waals surface area contributed by atoms with E-state index in [0.717, 1.165) is 25.8 Å². The highest BCUT2D eigenvalue weighted by Crippen LogP contribution is 2.57. The molecule has 0 radical (unpaired) electrons. The third-order valence-electron chi connectivity index (χ3n) is 6.91. The van der Waals surface area contributed by atoms with Crippen molar-refractivity contribution < 1.29 is 14.4 Å². The molecule has 1 unspecified atom stereocenters. The van der Waals surface area contributed by atoms with Crippen molar-refractivity contribution in [3.8, 4) is 0 Å². The van der Waals surface area contributed by atoms with E-state index in [1.807, 2.05) is 21.7 Å². The molecule has 27 heavy (non-hydrogen) atoms. The Bertz CT molecular complexity index is 625. The monoisotopic (exact) mass is 378 g/mol. The summed E-state index contributed by atoms with van der Waals surface area (Å²) in [6.07, 6.45) is 2.98. The molecule has 152 valence electrons. The van der Waals surface area contributed by atoms with Crippen LogP contribution in [-0.4, -0.2) is 91.3 Å². The van der Waals surface area contributed by atoms with Gasteiger partial charge in [0.2, 0.25) is 11.8 Å². The number of rotatable bonds is 2. The van der Waals surface area contributed by atoms with Crippen LogP contribution in [-0.2, 0) is 9.59 Å². The fraction of sp³-hybridized carbons (Fsp3) is 0.850. The minimum Gasteiger partial charge on any atom is -0.345 e. The van der Waals surface area contributed by atoms with Gasteiger partial charge in [0, 0.05) is 65.7 Å². The molecule has 0 N–H and O–H groups in total. The molecule has 1 atom stereocenters. The minimum absolute atomic E-state index is 0.0214. The second kappa shape index (κ2) is 6.99. The molecule has 3 rings (SSSR count). The van der Waals surface area contributed by atoms with E-state index >= 15 is 0 Å². The Morgan fingerprint density at radius 3 is 2.15 bits per heavy atom. The van der Waals surface area contributed by atoms with Gasteiger partial charge >= 0.3 is 6.03 Å². The first kappa shape index (κ1) is 20.0. The molecule has 4 amide bonds. The van der Waals surface area contributed by atoms with Crippen LogP contribution in [0.2, 0.25) is 0 Å². The Balaban J connectivity index is 1.83. The lowest BCUT2D eigenvalue weighted by Gasteiger charge is -2.46. The van der Waals surface area contributed by atoms with E-state index in [1.54, 1.807) is 19.0 Å². The molecule has 7 nitrogen and oxygen atoms in total. The zero-order valence-electron chi connectivity index (χ0n) is 17.5. The average molecular weight is 379 g/mol. The molecule has 0 aromatic rings. The molecule has 3 saturated heterocycles. The number of nitrogens with zero attached hydrogens (tertiary/aromatic N) is 4. The number of amides is 4. The summed E-state index contributed by atoms with van der Waals surface area (Å²) >= 11 is 0. The van der Waals surface area contributed by atoms with E-state index in [-0.39, 0.29) is 23.3 Å². The lowest BCUT2D eigenvalue weighted by Crippen LogP contribution is -2.53. The van der Waals surface area contributed by atoms with Gasteiger partial charge in [-0.05, 0) is 25.2 Å². The highest BCUT2D eigenvalue weighted by molar-refractivity contribution is 5.88. The van der Waals surface area contributed by atoms with Crippen LogP contribution >= 0.6 is 0 Å². The van der Waals surface area contributed by atoms with Gasteiger partial charge in [-0.3, -0.25) is 9.59 Å². The van der Waals surface area contributed by atoms with Gasteiger partial charge in [-0.1, -0.05) is 13.8 Å². The molecule has 0 aromatic carbocycles. The highest BCUT2D eigenvalue weighted by atomic mass is 16.2. The number of fused-ring (bicyclic) bond motifs is 1. The number of carbonyl (C=O) groups is 3. The normalized spacial score (nSPS) is 27.3. The van der Waals surface area contributed by atoms with Crippen LogP contribution in [0, 0.1) is 16.7 Å². The number of likely N-dealkylation sites (tertiary alicyclic amines) is 3. The summed E-state index contributed by atoms with van der Waals surface area (Å²) in [5.41, 5.74) is -0.699. The Morgan fingerprint density at radius 1 is 1.04 bits per heavy atom. The molecule has 0 aromatic heterocycles. The van der Waals surface area contributed by atoms with Crippen molar-refractivity contribution in [2.75, 3.05) is 53.9 Å². The van der Waals surface area contributed by atoms with Crippen LogP contribution in [0.5, 0.6) is 0 Å². The molecule has 0 aliphatic carbocycles. The van der Waals surface area contributed by atoms with E-state index in [0.29, 0.717) is 38.5 Å². The van der Waals surface area contributed by atoms with Crippen molar-refractivity contribution in [2.45, 2.75) is 39.5 Å². The van der Waals surface area contributed by atoms with Crippen LogP contribution in [0.1, 0.15) is 39.5 Å². The number of carbonyl (C=O) groups excluding carboxylic acids is 3. The van der Waals surface area contributed by atoms with Crippen LogP contribution < -0.4 is 0 Å². The van der Waals surface area contributed by atoms with Crippen molar-refractivity contribution in [1.29, 1.82) is 0 Å². The summed E-state index contributed by atoms with van der Waals surface area (Å²) < 4.78 is 0. The molecule has 3 aliphatic rings. The Hall–Kier alpha value is -1.79. The Labute approximate surface area is 162 Å². The van der Waals surface area contributed by atoms with Gasteiger partial charge in [-0.15, -0.1) is 0 Å². The van der Waals surface area contributed by atoms with Crippen LogP contribution in [0.4, 0.5) is 4.79 Å². The lowest BCUT2D eigenvalue weighted by molar-refractivity contribution is -0.143. The summed E-state index contributed by atoms with van der Waals surface area (Å²) in [5.74, 6) is 0.742. The SMILES string of the molecule is CC(C)CC(=O)N1CCC2(CC1)CN(C(=O)N(C)C)CC21CCN(C)C1=O. The molecule has 3 aliphatic heterocycles. The first-order valence-corrected chi connectivity index (χ1v) is 10.1.